The number of nitrogens with zero attached hydrogens (tertiary/aromatic N) is 1. The molecule has 19 heavy (non-hydrogen) atoms. The van der Waals surface area contributed by atoms with Crippen LogP contribution in [0.15, 0.2) is 24.3 Å². The Bertz CT molecular complexity index is 487. The predicted molar refractivity (Wildman–Crippen MR) is 56.0 cm³/mol. The Morgan fingerprint density at radius 2 is 1.89 bits per heavy atom. The first-order chi connectivity index (χ1) is 8.69. The third-order valence-corrected chi connectivity index (χ3v) is 2.06. The van der Waals surface area contributed by atoms with Crippen LogP contribution in [0.5, 0.6) is 0 Å². The van der Waals surface area contributed by atoms with E-state index in [9.17, 15) is 27.2 Å². The van der Waals surface area contributed by atoms with Gasteiger partial charge in [0, 0.05) is 5.56 Å². The maximum absolute atomic E-state index is 12.9. The second-order valence-electron chi connectivity index (χ2n) is 3.68. The van der Waals surface area contributed by atoms with Crippen LogP contribution < -0.4 is 0 Å². The summed E-state index contributed by atoms with van der Waals surface area (Å²) >= 11 is 0. The molecule has 0 radical (unpaired) electrons. The molecule has 0 saturated heterocycles. The number of aliphatic carboxylic acids is 1. The van der Waals surface area contributed by atoms with E-state index >= 15 is 0 Å². The van der Waals surface area contributed by atoms with Crippen LogP contribution in [0.4, 0.5) is 17.6 Å². The van der Waals surface area contributed by atoms with E-state index in [-0.39, 0.29) is 10.5 Å². The molecular formula is C11H9F4NO3. The first kappa shape index (κ1) is 14.9. The van der Waals surface area contributed by atoms with Gasteiger partial charge in [-0.3, -0.25) is 9.59 Å². The van der Waals surface area contributed by atoms with Gasteiger partial charge in [0.25, 0.3) is 5.91 Å². The van der Waals surface area contributed by atoms with Crippen LogP contribution in [-0.2, 0) is 4.79 Å². The van der Waals surface area contributed by atoms with E-state index < -0.39 is 37.0 Å². The van der Waals surface area contributed by atoms with Gasteiger partial charge in [0.05, 0.1) is 0 Å². The molecular weight excluding hydrogens is 270 g/mol. The monoisotopic (exact) mass is 279 g/mol. The first-order valence-electron chi connectivity index (χ1n) is 5.02. The number of hydrogen-bond acceptors (Lipinski definition) is 2. The second kappa shape index (κ2) is 5.68. The van der Waals surface area contributed by atoms with Crippen LogP contribution >= 0.6 is 0 Å². The third-order valence-electron chi connectivity index (χ3n) is 2.06. The van der Waals surface area contributed by atoms with E-state index in [1.165, 1.54) is 0 Å². The summed E-state index contributed by atoms with van der Waals surface area (Å²) in [5, 5.41) is 8.50. The number of carbonyl (C=O) groups is 2. The summed E-state index contributed by atoms with van der Waals surface area (Å²) in [7, 11) is 0. The minimum Gasteiger partial charge on any atom is -0.480 e. The second-order valence-corrected chi connectivity index (χ2v) is 3.68. The summed E-state index contributed by atoms with van der Waals surface area (Å²) in [6, 6.07) is 4.02. The normalized spacial score (nSPS) is 11.2. The highest BCUT2D eigenvalue weighted by molar-refractivity contribution is 5.95. The molecule has 4 nitrogen and oxygen atoms in total. The Labute approximate surface area is 105 Å². The van der Waals surface area contributed by atoms with E-state index in [4.69, 9.17) is 5.11 Å². The number of alkyl halides is 3. The van der Waals surface area contributed by atoms with Crippen molar-refractivity contribution in [3.63, 3.8) is 0 Å². The fourth-order valence-electron chi connectivity index (χ4n) is 1.38. The number of carbonyl (C=O) groups excluding carboxylic acids is 1. The Hall–Kier alpha value is -2.12. The average Bonchev–Trinajstić information content (AvgIpc) is 2.24. The van der Waals surface area contributed by atoms with Crippen LogP contribution in [0.3, 0.4) is 0 Å². The number of hydrogen-bond donors (Lipinski definition) is 1. The molecule has 0 unspecified atom stereocenters. The van der Waals surface area contributed by atoms with Gasteiger partial charge in [-0.2, -0.15) is 13.2 Å². The molecule has 0 aliphatic rings. The molecule has 1 rings (SSSR count). The Kier molecular flexibility index (Phi) is 4.47. The lowest BCUT2D eigenvalue weighted by Gasteiger charge is -2.22. The summed E-state index contributed by atoms with van der Waals surface area (Å²) in [6.45, 7) is -2.83. The van der Waals surface area contributed by atoms with Gasteiger partial charge in [0.1, 0.15) is 18.9 Å². The lowest BCUT2D eigenvalue weighted by atomic mass is 10.2. The van der Waals surface area contributed by atoms with Crippen molar-refractivity contribution in [2.75, 3.05) is 13.1 Å². The van der Waals surface area contributed by atoms with Crippen molar-refractivity contribution < 1.29 is 32.3 Å². The Morgan fingerprint density at radius 1 is 1.26 bits per heavy atom. The van der Waals surface area contributed by atoms with Gasteiger partial charge in [-0.1, -0.05) is 6.07 Å². The van der Waals surface area contributed by atoms with Crippen molar-refractivity contribution in [1.29, 1.82) is 0 Å². The highest BCUT2D eigenvalue weighted by Crippen LogP contribution is 2.18. The number of amides is 1. The van der Waals surface area contributed by atoms with Gasteiger partial charge in [-0.15, -0.1) is 0 Å². The number of rotatable bonds is 4. The lowest BCUT2D eigenvalue weighted by Crippen LogP contribution is -2.42. The molecule has 1 N–H and O–H groups in total. The van der Waals surface area contributed by atoms with Gasteiger partial charge < -0.3 is 10.0 Å². The average molecular weight is 279 g/mol. The van der Waals surface area contributed by atoms with Crippen LogP contribution in [0, 0.1) is 5.82 Å². The third kappa shape index (κ3) is 4.94. The fraction of sp³-hybridized carbons (Fsp3) is 0.273. The molecule has 0 aliphatic carbocycles. The van der Waals surface area contributed by atoms with Crippen LogP contribution in [-0.4, -0.2) is 41.1 Å². The standard InChI is InChI=1S/C11H9F4NO3/c12-8-3-1-2-7(4-8)10(19)16(5-9(17)18)6-11(13,14)15/h1-4H,5-6H2,(H,17,18). The minimum absolute atomic E-state index is 0.0944. The highest BCUT2D eigenvalue weighted by Gasteiger charge is 2.34. The number of carboxylic acid groups (broad SMARTS) is 1. The molecule has 0 heterocycles. The van der Waals surface area contributed by atoms with Crippen molar-refractivity contribution in [1.82, 2.24) is 4.90 Å². The van der Waals surface area contributed by atoms with Crippen LogP contribution in [0.25, 0.3) is 0 Å². The van der Waals surface area contributed by atoms with Gasteiger partial charge in [0.2, 0.25) is 0 Å². The molecule has 1 aromatic carbocycles. The fourth-order valence-corrected chi connectivity index (χ4v) is 1.38. The summed E-state index contributed by atoms with van der Waals surface area (Å²) in [6.07, 6.45) is -4.74. The van der Waals surface area contributed by atoms with E-state index in [2.05, 4.69) is 0 Å². The Morgan fingerprint density at radius 3 is 2.37 bits per heavy atom. The molecule has 0 spiro atoms. The smallest absolute Gasteiger partial charge is 0.406 e. The van der Waals surface area contributed by atoms with E-state index in [1.54, 1.807) is 0 Å². The van der Waals surface area contributed by atoms with Gasteiger partial charge in [-0.05, 0) is 18.2 Å². The van der Waals surface area contributed by atoms with Crippen molar-refractivity contribution in [3.8, 4) is 0 Å². The van der Waals surface area contributed by atoms with Crippen LogP contribution in [0.2, 0.25) is 0 Å². The van der Waals surface area contributed by atoms with E-state index in [0.717, 1.165) is 24.3 Å². The minimum atomic E-state index is -4.74. The topological polar surface area (TPSA) is 57.6 Å². The van der Waals surface area contributed by atoms with Gasteiger partial charge in [0.15, 0.2) is 0 Å². The molecule has 0 saturated carbocycles. The molecule has 0 bridgehead atoms. The first-order valence-corrected chi connectivity index (χ1v) is 5.02. The molecule has 0 aromatic heterocycles. The van der Waals surface area contributed by atoms with Crippen molar-refractivity contribution in [2.45, 2.75) is 6.18 Å². The molecule has 104 valence electrons. The summed E-state index contributed by atoms with van der Waals surface area (Å²) in [5.74, 6) is -3.58. The largest absolute Gasteiger partial charge is 0.480 e. The van der Waals surface area contributed by atoms with Gasteiger partial charge >= 0.3 is 12.1 Å². The molecule has 0 fully saturated rings. The summed E-state index contributed by atoms with van der Waals surface area (Å²) in [4.78, 5) is 22.3. The SMILES string of the molecule is O=C(O)CN(CC(F)(F)F)C(=O)c1cccc(F)c1. The molecule has 8 heteroatoms. The molecule has 0 atom stereocenters. The maximum Gasteiger partial charge on any atom is 0.406 e. The molecule has 1 amide bonds. The number of benzene rings is 1. The lowest BCUT2D eigenvalue weighted by molar-refractivity contribution is -0.149. The Balaban J connectivity index is 2.97. The number of halogens is 4. The highest BCUT2D eigenvalue weighted by atomic mass is 19.4. The van der Waals surface area contributed by atoms with Crippen LogP contribution in [0.1, 0.15) is 10.4 Å². The quantitative estimate of drug-likeness (QED) is 0.857. The zero-order valence-corrected chi connectivity index (χ0v) is 9.45. The number of carboxylic acids is 1. The zero-order valence-electron chi connectivity index (χ0n) is 9.45. The molecule has 0 aliphatic heterocycles. The van der Waals surface area contributed by atoms with E-state index in [0.29, 0.717) is 0 Å². The van der Waals surface area contributed by atoms with Crippen molar-refractivity contribution >= 4 is 11.9 Å². The van der Waals surface area contributed by atoms with Crippen molar-refractivity contribution in [2.24, 2.45) is 0 Å². The van der Waals surface area contributed by atoms with Gasteiger partial charge in [-0.25, -0.2) is 4.39 Å². The van der Waals surface area contributed by atoms with Crippen molar-refractivity contribution in [3.05, 3.63) is 35.6 Å². The summed E-state index contributed by atoms with van der Waals surface area (Å²) < 4.78 is 49.6. The predicted octanol–water partition coefficient (Wildman–Crippen LogP) is 1.91. The van der Waals surface area contributed by atoms with E-state index in [1.807, 2.05) is 0 Å². The zero-order chi connectivity index (χ0) is 14.6. The summed E-state index contributed by atoms with van der Waals surface area (Å²) in [5.41, 5.74) is -0.342. The molecule has 1 aromatic rings. The maximum atomic E-state index is 12.9.